The van der Waals surface area contributed by atoms with E-state index in [-0.39, 0.29) is 55.1 Å². The third-order valence-corrected chi connectivity index (χ3v) is 18.4. The van der Waals surface area contributed by atoms with E-state index in [1.54, 1.807) is 80.5 Å². The number of aryl methyl sites for hydroxylation is 1. The quantitative estimate of drug-likeness (QED) is 0.00685. The normalized spacial score (nSPS) is 15.7. The molecular formula is C64H72N3O13PS2. The summed E-state index contributed by atoms with van der Waals surface area (Å²) >= 11 is 0. The monoisotopic (exact) mass is 1190 g/mol. The predicted molar refractivity (Wildman–Crippen MR) is 325 cm³/mol. The lowest BCUT2D eigenvalue weighted by Gasteiger charge is -2.40. The average Bonchev–Trinajstić information content (AvgIpc) is 4.06. The van der Waals surface area contributed by atoms with Crippen molar-refractivity contribution in [3.63, 3.8) is 0 Å². The smallest absolute Gasteiger partial charge is 0.330 e. The SMILES string of the molecule is C#Cc1ccc(COC(=O)C(COCSSC(C)C)(COP(O[C@H]2C[C@H](n3cc(C)c(=O)[nH]c3=O)O[C@@H]2COC(c2ccccc2)(c2ccc(OC)cc2)c2ccc(OC)cc2)N(C(C)C)C(C)C)C(=O)OCc2ccc(C#C)cc2)cc1. The van der Waals surface area contributed by atoms with E-state index in [1.807, 2.05) is 125 Å². The fraction of sp³-hybridized carbons (Fsp3) is 0.375. The first-order chi connectivity index (χ1) is 39.9. The van der Waals surface area contributed by atoms with Crippen molar-refractivity contribution in [1.29, 1.82) is 0 Å². The van der Waals surface area contributed by atoms with E-state index < -0.39 is 74.4 Å². The molecule has 2 heterocycles. The highest BCUT2D eigenvalue weighted by Gasteiger charge is 2.53. The highest BCUT2D eigenvalue weighted by Crippen LogP contribution is 2.52. The summed E-state index contributed by atoms with van der Waals surface area (Å²) in [6.07, 6.45) is 9.98. The van der Waals surface area contributed by atoms with Gasteiger partial charge in [0.1, 0.15) is 48.6 Å². The predicted octanol–water partition coefficient (Wildman–Crippen LogP) is 11.1. The van der Waals surface area contributed by atoms with E-state index in [4.69, 9.17) is 55.1 Å². The fourth-order valence-electron chi connectivity index (χ4n) is 9.36. The van der Waals surface area contributed by atoms with Crippen molar-refractivity contribution >= 4 is 42.1 Å². The van der Waals surface area contributed by atoms with Crippen molar-refractivity contribution < 1.29 is 51.8 Å². The molecule has 1 aliphatic rings. The van der Waals surface area contributed by atoms with Gasteiger partial charge in [0.15, 0.2) is 0 Å². The van der Waals surface area contributed by atoms with Crippen LogP contribution >= 0.6 is 30.1 Å². The molecule has 16 nitrogen and oxygen atoms in total. The van der Waals surface area contributed by atoms with E-state index in [1.165, 1.54) is 21.6 Å². The molecule has 0 radical (unpaired) electrons. The molecule has 1 aromatic heterocycles. The molecule has 1 fully saturated rings. The fourth-order valence-corrected chi connectivity index (χ4v) is 12.9. The van der Waals surface area contributed by atoms with Crippen molar-refractivity contribution in [3.05, 3.63) is 199 Å². The van der Waals surface area contributed by atoms with Gasteiger partial charge < -0.3 is 42.2 Å². The summed E-state index contributed by atoms with van der Waals surface area (Å²) in [5, 5.41) is 0.256. The molecule has 1 saturated heterocycles. The van der Waals surface area contributed by atoms with Crippen LogP contribution in [0.5, 0.6) is 11.5 Å². The number of benzene rings is 5. The summed E-state index contributed by atoms with van der Waals surface area (Å²) in [5.41, 5.74) is 0.377. The first-order valence-electron chi connectivity index (χ1n) is 27.1. The van der Waals surface area contributed by atoms with Crippen LogP contribution in [0.15, 0.2) is 143 Å². The Labute approximate surface area is 495 Å². The van der Waals surface area contributed by atoms with Crippen molar-refractivity contribution in [2.24, 2.45) is 5.41 Å². The van der Waals surface area contributed by atoms with Crippen LogP contribution < -0.4 is 20.7 Å². The number of H-pyrrole nitrogens is 1. The Morgan fingerprint density at radius 3 is 1.75 bits per heavy atom. The van der Waals surface area contributed by atoms with Crippen LogP contribution in [0.4, 0.5) is 0 Å². The summed E-state index contributed by atoms with van der Waals surface area (Å²) in [4.78, 5) is 59.1. The summed E-state index contributed by atoms with van der Waals surface area (Å²) in [7, 11) is 3.92. The molecule has 1 N–H and O–H groups in total. The first-order valence-corrected chi connectivity index (χ1v) is 30.6. The number of nitrogens with zero attached hydrogens (tertiary/aromatic N) is 2. The van der Waals surface area contributed by atoms with Gasteiger partial charge in [-0.25, -0.2) is 9.46 Å². The van der Waals surface area contributed by atoms with Crippen LogP contribution in [0, 0.1) is 37.0 Å². The minimum absolute atomic E-state index is 0.0645. The lowest BCUT2D eigenvalue weighted by atomic mass is 9.80. The van der Waals surface area contributed by atoms with Crippen molar-refractivity contribution in [3.8, 4) is 36.2 Å². The van der Waals surface area contributed by atoms with Gasteiger partial charge in [-0.2, -0.15) is 0 Å². The molecule has 0 saturated carbocycles. The minimum Gasteiger partial charge on any atom is -0.497 e. The molecule has 4 atom stereocenters. The Balaban J connectivity index is 1.32. The van der Waals surface area contributed by atoms with Gasteiger partial charge in [-0.15, -0.1) is 12.8 Å². The second kappa shape index (κ2) is 30.2. The van der Waals surface area contributed by atoms with Crippen molar-refractivity contribution in [2.75, 3.05) is 40.0 Å². The highest BCUT2D eigenvalue weighted by atomic mass is 33.1. The topological polar surface area (TPSA) is 175 Å². The van der Waals surface area contributed by atoms with Crippen LogP contribution in [0.3, 0.4) is 0 Å². The third kappa shape index (κ3) is 16.2. The Kier molecular flexibility index (Phi) is 23.3. The van der Waals surface area contributed by atoms with Gasteiger partial charge in [0, 0.05) is 46.6 Å². The molecule has 7 rings (SSSR count). The number of hydrogen-bond donors (Lipinski definition) is 1. The molecule has 0 bridgehead atoms. The molecule has 6 aromatic rings. The summed E-state index contributed by atoms with van der Waals surface area (Å²) < 4.78 is 61.5. The third-order valence-electron chi connectivity index (χ3n) is 13.7. The molecule has 438 valence electrons. The van der Waals surface area contributed by atoms with Crippen LogP contribution in [0.25, 0.3) is 0 Å². The van der Waals surface area contributed by atoms with Gasteiger partial charge in [0.2, 0.25) is 5.41 Å². The van der Waals surface area contributed by atoms with Gasteiger partial charge in [0.05, 0.1) is 40.1 Å². The number of rotatable bonds is 29. The van der Waals surface area contributed by atoms with Gasteiger partial charge in [-0.1, -0.05) is 126 Å². The number of terminal acetylenes is 2. The van der Waals surface area contributed by atoms with Crippen molar-refractivity contribution in [2.45, 2.75) is 109 Å². The maximum Gasteiger partial charge on any atom is 0.330 e. The summed E-state index contributed by atoms with van der Waals surface area (Å²) in [6, 6.07) is 38.4. The largest absolute Gasteiger partial charge is 0.497 e. The standard InChI is InChI=1S/C64H72N3O13PS2/c1-12-47-19-23-49(24-20-47)37-75-60(69)63(40-74-42-82-83-45(7)8,61(70)76-38-50-25-21-48(13-2)22-26-50)41-78-81(67(43(3)4)44(5)6)80-56-35-58(66-36-46(9)59(68)65-62(66)71)79-57(56)39-77-64(51-17-15-14-16-18-51,52-27-31-54(72-10)32-28-52)53-29-33-55(73-11)34-30-53/h1-2,14-34,36,43-45,56-58H,35,37-42H2,3-11H3,(H,65,68,71)/t56-,57+,58+,81?/m0/s1. The Hall–Kier alpha value is -6.67. The lowest BCUT2D eigenvalue weighted by Crippen LogP contribution is -2.49. The van der Waals surface area contributed by atoms with Crippen molar-refractivity contribution in [1.82, 2.24) is 14.2 Å². The summed E-state index contributed by atoms with van der Waals surface area (Å²) in [5.74, 6) is 4.65. The van der Waals surface area contributed by atoms with Crippen LogP contribution in [0.1, 0.15) is 98.7 Å². The van der Waals surface area contributed by atoms with Crippen LogP contribution in [0.2, 0.25) is 0 Å². The zero-order valence-corrected chi connectivity index (χ0v) is 50.8. The van der Waals surface area contributed by atoms with Crippen LogP contribution in [-0.4, -0.2) is 95.7 Å². The molecule has 1 aliphatic heterocycles. The molecule has 0 amide bonds. The second-order valence-corrected chi connectivity index (χ2v) is 24.8. The van der Waals surface area contributed by atoms with Gasteiger partial charge in [-0.05, 0) is 111 Å². The number of methoxy groups -OCH3 is 2. The van der Waals surface area contributed by atoms with E-state index in [2.05, 4.69) is 16.8 Å². The van der Waals surface area contributed by atoms with E-state index in [0.29, 0.717) is 33.8 Å². The number of nitrogens with one attached hydrogen (secondary N) is 1. The number of esters is 2. The molecule has 5 aromatic carbocycles. The number of hydrogen-bond acceptors (Lipinski definition) is 16. The summed E-state index contributed by atoms with van der Waals surface area (Å²) in [6.45, 7) is 11.9. The van der Waals surface area contributed by atoms with E-state index in [0.717, 1.165) is 16.7 Å². The van der Waals surface area contributed by atoms with Gasteiger partial charge >= 0.3 is 17.6 Å². The second-order valence-electron chi connectivity index (χ2n) is 20.5. The number of aromatic nitrogens is 2. The zero-order valence-electron chi connectivity index (χ0n) is 48.2. The first kappa shape index (κ1) is 63.9. The molecule has 83 heavy (non-hydrogen) atoms. The molecule has 0 spiro atoms. The van der Waals surface area contributed by atoms with E-state index in [9.17, 15) is 9.59 Å². The van der Waals surface area contributed by atoms with Crippen LogP contribution in [-0.2, 0) is 61.1 Å². The minimum atomic E-state index is -2.28. The molecule has 0 aliphatic carbocycles. The number of ether oxygens (including phenoxy) is 7. The lowest BCUT2D eigenvalue weighted by molar-refractivity contribution is -0.181. The Morgan fingerprint density at radius 2 is 1.27 bits per heavy atom. The number of carbonyl (C=O) groups excluding carboxylic acids is 2. The Bertz CT molecular complexity index is 3140. The average molecular weight is 1190 g/mol. The van der Waals surface area contributed by atoms with E-state index >= 15 is 9.59 Å². The van der Waals surface area contributed by atoms with Gasteiger partial charge in [0.25, 0.3) is 14.1 Å². The molecule has 1 unspecified atom stereocenters. The molecular weight excluding hydrogens is 1110 g/mol. The van der Waals surface area contributed by atoms with Gasteiger partial charge in [-0.3, -0.25) is 23.9 Å². The highest BCUT2D eigenvalue weighted by molar-refractivity contribution is 8.76. The maximum absolute atomic E-state index is 15.1. The maximum atomic E-state index is 15.1. The number of carbonyl (C=O) groups is 2. The number of aromatic amines is 1. The molecule has 19 heteroatoms. The Morgan fingerprint density at radius 1 is 0.747 bits per heavy atom. The zero-order chi connectivity index (χ0) is 59.7.